The molecule has 0 atom stereocenters. The highest BCUT2D eigenvalue weighted by Gasteiger charge is 2.25. The molecule has 0 radical (unpaired) electrons. The number of nitrogens with zero attached hydrogens (tertiary/aromatic N) is 1. The summed E-state index contributed by atoms with van der Waals surface area (Å²) in [4.78, 5) is 25.3. The minimum absolute atomic E-state index is 0.0411. The molecule has 0 aromatic heterocycles. The first-order valence-electron chi connectivity index (χ1n) is 7.97. The Labute approximate surface area is 136 Å². The maximum absolute atomic E-state index is 12.0. The van der Waals surface area contributed by atoms with Gasteiger partial charge in [0.2, 0.25) is 0 Å². The standard InChI is InChI=1S/C17H24N2O4/c1-13(2)23-16(20)18-15-8-10-19(11-9-15)17(21)22-12-14-6-4-3-5-7-14/h3-7,13,15H,8-12H2,1-2H3,(H,18,20). The number of rotatable bonds is 4. The molecule has 2 rings (SSSR count). The number of likely N-dealkylation sites (tertiary alicyclic amines) is 1. The van der Waals surface area contributed by atoms with E-state index in [1.807, 2.05) is 44.2 Å². The van der Waals surface area contributed by atoms with Gasteiger partial charge in [-0.3, -0.25) is 0 Å². The highest BCUT2D eigenvalue weighted by molar-refractivity contribution is 5.69. The molecule has 1 aromatic rings. The fourth-order valence-electron chi connectivity index (χ4n) is 2.43. The second-order valence-corrected chi connectivity index (χ2v) is 5.90. The second-order valence-electron chi connectivity index (χ2n) is 5.90. The van der Waals surface area contributed by atoms with Gasteiger partial charge in [0.05, 0.1) is 6.10 Å². The normalized spacial score (nSPS) is 15.3. The average molecular weight is 320 g/mol. The zero-order chi connectivity index (χ0) is 16.7. The van der Waals surface area contributed by atoms with Gasteiger partial charge < -0.3 is 19.7 Å². The molecular formula is C17H24N2O4. The molecule has 0 saturated carbocycles. The van der Waals surface area contributed by atoms with E-state index in [-0.39, 0.29) is 24.8 Å². The van der Waals surface area contributed by atoms with E-state index >= 15 is 0 Å². The summed E-state index contributed by atoms with van der Waals surface area (Å²) < 4.78 is 10.4. The maximum Gasteiger partial charge on any atom is 0.410 e. The molecule has 0 aliphatic carbocycles. The van der Waals surface area contributed by atoms with Crippen LogP contribution in [0.1, 0.15) is 32.3 Å². The van der Waals surface area contributed by atoms with Crippen molar-refractivity contribution < 1.29 is 19.1 Å². The van der Waals surface area contributed by atoms with Crippen LogP contribution in [0.5, 0.6) is 0 Å². The van der Waals surface area contributed by atoms with Gasteiger partial charge in [-0.15, -0.1) is 0 Å². The third-order valence-electron chi connectivity index (χ3n) is 3.62. The van der Waals surface area contributed by atoms with E-state index in [2.05, 4.69) is 5.32 Å². The van der Waals surface area contributed by atoms with Crippen LogP contribution in [0, 0.1) is 0 Å². The van der Waals surface area contributed by atoms with Crippen LogP contribution in [0.15, 0.2) is 30.3 Å². The lowest BCUT2D eigenvalue weighted by molar-refractivity contribution is 0.0818. The zero-order valence-corrected chi connectivity index (χ0v) is 13.7. The molecule has 0 spiro atoms. The molecule has 2 amide bonds. The highest BCUT2D eigenvalue weighted by Crippen LogP contribution is 2.13. The second kappa shape index (κ2) is 8.41. The van der Waals surface area contributed by atoms with E-state index in [4.69, 9.17) is 9.47 Å². The summed E-state index contributed by atoms with van der Waals surface area (Å²) in [5.74, 6) is 0. The van der Waals surface area contributed by atoms with Gasteiger partial charge in [0.15, 0.2) is 0 Å². The van der Waals surface area contributed by atoms with Crippen LogP contribution in [0.25, 0.3) is 0 Å². The number of carbonyl (C=O) groups excluding carboxylic acids is 2. The van der Waals surface area contributed by atoms with Crippen molar-refractivity contribution in [1.82, 2.24) is 10.2 Å². The molecule has 6 heteroatoms. The maximum atomic E-state index is 12.0. The summed E-state index contributed by atoms with van der Waals surface area (Å²) in [6, 6.07) is 9.63. The number of nitrogens with one attached hydrogen (secondary N) is 1. The summed E-state index contributed by atoms with van der Waals surface area (Å²) in [7, 11) is 0. The molecule has 1 N–H and O–H groups in total. The molecule has 1 aliphatic rings. The van der Waals surface area contributed by atoms with Gasteiger partial charge in [0.25, 0.3) is 0 Å². The molecule has 126 valence electrons. The third-order valence-corrected chi connectivity index (χ3v) is 3.62. The summed E-state index contributed by atoms with van der Waals surface area (Å²) in [5.41, 5.74) is 0.967. The monoisotopic (exact) mass is 320 g/mol. The Morgan fingerprint density at radius 2 is 1.87 bits per heavy atom. The number of hydrogen-bond donors (Lipinski definition) is 1. The van der Waals surface area contributed by atoms with Gasteiger partial charge in [-0.2, -0.15) is 0 Å². The molecule has 6 nitrogen and oxygen atoms in total. The van der Waals surface area contributed by atoms with Crippen LogP contribution in [0.4, 0.5) is 9.59 Å². The Bertz CT molecular complexity index is 511. The molecule has 0 unspecified atom stereocenters. The number of hydrogen-bond acceptors (Lipinski definition) is 4. The van der Waals surface area contributed by atoms with E-state index in [1.54, 1.807) is 4.90 Å². The van der Waals surface area contributed by atoms with Crippen LogP contribution in [0.2, 0.25) is 0 Å². The molecule has 1 fully saturated rings. The van der Waals surface area contributed by atoms with Gasteiger partial charge in [-0.05, 0) is 32.3 Å². The van der Waals surface area contributed by atoms with Gasteiger partial charge in [0.1, 0.15) is 6.61 Å². The van der Waals surface area contributed by atoms with E-state index in [9.17, 15) is 9.59 Å². The van der Waals surface area contributed by atoms with Crippen molar-refractivity contribution in [3.8, 4) is 0 Å². The van der Waals surface area contributed by atoms with Crippen molar-refractivity contribution in [3.05, 3.63) is 35.9 Å². The van der Waals surface area contributed by atoms with Crippen molar-refractivity contribution in [2.24, 2.45) is 0 Å². The predicted octanol–water partition coefficient (Wildman–Crippen LogP) is 2.92. The first-order valence-corrected chi connectivity index (χ1v) is 7.97. The molecule has 23 heavy (non-hydrogen) atoms. The van der Waals surface area contributed by atoms with E-state index in [1.165, 1.54) is 0 Å². The van der Waals surface area contributed by atoms with Crippen LogP contribution >= 0.6 is 0 Å². The van der Waals surface area contributed by atoms with Gasteiger partial charge in [-0.1, -0.05) is 30.3 Å². The number of amides is 2. The van der Waals surface area contributed by atoms with E-state index < -0.39 is 6.09 Å². The lowest BCUT2D eigenvalue weighted by Crippen LogP contribution is -2.47. The number of alkyl carbamates (subject to hydrolysis) is 1. The topological polar surface area (TPSA) is 67.9 Å². The minimum atomic E-state index is -0.398. The van der Waals surface area contributed by atoms with E-state index in [0.29, 0.717) is 25.9 Å². The summed E-state index contributed by atoms with van der Waals surface area (Å²) in [6.07, 6.45) is 0.562. The highest BCUT2D eigenvalue weighted by atomic mass is 16.6. The van der Waals surface area contributed by atoms with Gasteiger partial charge in [0, 0.05) is 19.1 Å². The van der Waals surface area contributed by atoms with E-state index in [0.717, 1.165) is 5.56 Å². The predicted molar refractivity (Wildman–Crippen MR) is 86.0 cm³/mol. The third kappa shape index (κ3) is 5.81. The number of ether oxygens (including phenoxy) is 2. The van der Waals surface area contributed by atoms with Crippen LogP contribution in [-0.2, 0) is 16.1 Å². The largest absolute Gasteiger partial charge is 0.447 e. The lowest BCUT2D eigenvalue weighted by atomic mass is 10.1. The first-order chi connectivity index (χ1) is 11.0. The summed E-state index contributed by atoms with van der Waals surface area (Å²) in [6.45, 7) is 5.04. The number of carbonyl (C=O) groups is 2. The van der Waals surface area contributed by atoms with Gasteiger partial charge >= 0.3 is 12.2 Å². The number of piperidine rings is 1. The van der Waals surface area contributed by atoms with Crippen molar-refractivity contribution >= 4 is 12.2 Å². The van der Waals surface area contributed by atoms with Crippen LogP contribution < -0.4 is 5.32 Å². The van der Waals surface area contributed by atoms with Crippen molar-refractivity contribution in [2.75, 3.05) is 13.1 Å². The fourth-order valence-corrected chi connectivity index (χ4v) is 2.43. The number of benzene rings is 1. The smallest absolute Gasteiger partial charge is 0.410 e. The SMILES string of the molecule is CC(C)OC(=O)NC1CCN(C(=O)OCc2ccccc2)CC1. The Kier molecular flexibility index (Phi) is 6.26. The lowest BCUT2D eigenvalue weighted by Gasteiger charge is -2.31. The molecule has 0 bridgehead atoms. The first kappa shape index (κ1) is 17.1. The van der Waals surface area contributed by atoms with Gasteiger partial charge in [-0.25, -0.2) is 9.59 Å². The van der Waals surface area contributed by atoms with Crippen molar-refractivity contribution in [3.63, 3.8) is 0 Å². The van der Waals surface area contributed by atoms with Crippen LogP contribution in [0.3, 0.4) is 0 Å². The minimum Gasteiger partial charge on any atom is -0.447 e. The summed E-state index contributed by atoms with van der Waals surface area (Å²) >= 11 is 0. The van der Waals surface area contributed by atoms with Crippen LogP contribution in [-0.4, -0.2) is 42.3 Å². The Balaban J connectivity index is 1.69. The average Bonchev–Trinajstić information content (AvgIpc) is 2.53. The van der Waals surface area contributed by atoms with Crippen molar-refractivity contribution in [2.45, 2.75) is 45.4 Å². The molecular weight excluding hydrogens is 296 g/mol. The quantitative estimate of drug-likeness (QED) is 0.926. The Morgan fingerprint density at radius 1 is 1.22 bits per heavy atom. The zero-order valence-electron chi connectivity index (χ0n) is 13.7. The molecule has 1 saturated heterocycles. The molecule has 1 heterocycles. The Hall–Kier alpha value is -2.24. The Morgan fingerprint density at radius 3 is 2.48 bits per heavy atom. The molecule has 1 aliphatic heterocycles. The van der Waals surface area contributed by atoms with Crippen molar-refractivity contribution in [1.29, 1.82) is 0 Å². The summed E-state index contributed by atoms with van der Waals surface area (Å²) in [5, 5.41) is 2.83. The fraction of sp³-hybridized carbons (Fsp3) is 0.529. The molecule has 1 aromatic carbocycles.